The maximum Gasteiger partial charge on any atom is 0.128 e. The Morgan fingerprint density at radius 1 is 1.36 bits per heavy atom. The molecule has 14 heavy (non-hydrogen) atoms. The first kappa shape index (κ1) is 8.94. The van der Waals surface area contributed by atoms with Crippen molar-refractivity contribution >= 4 is 0 Å². The molecule has 0 atom stereocenters. The highest BCUT2D eigenvalue weighted by Gasteiger charge is 2.01. The van der Waals surface area contributed by atoms with E-state index in [-0.39, 0.29) is 5.82 Å². The van der Waals surface area contributed by atoms with Gasteiger partial charge in [-0.2, -0.15) is 0 Å². The van der Waals surface area contributed by atoms with Gasteiger partial charge in [0.05, 0.1) is 18.6 Å². The van der Waals surface area contributed by atoms with Crippen molar-refractivity contribution in [1.29, 1.82) is 0 Å². The first-order valence-electron chi connectivity index (χ1n) is 4.47. The van der Waals surface area contributed by atoms with Gasteiger partial charge in [0.2, 0.25) is 0 Å². The minimum atomic E-state index is -0.168. The molecule has 0 unspecified atom stereocenters. The van der Waals surface area contributed by atoms with Crippen molar-refractivity contribution in [3.05, 3.63) is 53.9 Å². The van der Waals surface area contributed by atoms with E-state index in [0.29, 0.717) is 12.1 Å². The van der Waals surface area contributed by atoms with Gasteiger partial charge in [-0.1, -0.05) is 18.2 Å². The summed E-state index contributed by atoms with van der Waals surface area (Å²) in [5.41, 5.74) is 1.63. The molecule has 1 aromatic carbocycles. The summed E-state index contributed by atoms with van der Waals surface area (Å²) >= 11 is 0. The lowest BCUT2D eigenvalue weighted by molar-refractivity contribution is 0.599. The van der Waals surface area contributed by atoms with Crippen molar-refractivity contribution in [1.82, 2.24) is 9.55 Å². The van der Waals surface area contributed by atoms with Gasteiger partial charge < -0.3 is 4.57 Å². The zero-order chi connectivity index (χ0) is 9.97. The molecule has 0 fully saturated rings. The molecule has 0 amide bonds. The number of aryl methyl sites for hydroxylation is 1. The smallest absolute Gasteiger partial charge is 0.128 e. The Hall–Kier alpha value is -1.64. The largest absolute Gasteiger partial charge is 0.333 e. The monoisotopic (exact) mass is 190 g/mol. The molecule has 1 heterocycles. The molecule has 0 aliphatic heterocycles. The molecule has 0 spiro atoms. The molecule has 0 bridgehead atoms. The molecular weight excluding hydrogens is 179 g/mol. The SMILES string of the molecule is Cc1cn(Cc2ccccc2F)cn1. The number of halogens is 1. The van der Waals surface area contributed by atoms with Crippen LogP contribution in [-0.4, -0.2) is 9.55 Å². The maximum absolute atomic E-state index is 13.2. The van der Waals surface area contributed by atoms with Gasteiger partial charge in [-0.25, -0.2) is 9.37 Å². The maximum atomic E-state index is 13.2. The predicted molar refractivity (Wildman–Crippen MR) is 52.5 cm³/mol. The fourth-order valence-electron chi connectivity index (χ4n) is 1.38. The van der Waals surface area contributed by atoms with E-state index < -0.39 is 0 Å². The van der Waals surface area contributed by atoms with Gasteiger partial charge in [0, 0.05) is 11.8 Å². The normalized spacial score (nSPS) is 10.4. The van der Waals surface area contributed by atoms with E-state index in [0.717, 1.165) is 5.69 Å². The molecule has 2 rings (SSSR count). The van der Waals surface area contributed by atoms with Gasteiger partial charge in [-0.3, -0.25) is 0 Å². The molecule has 72 valence electrons. The molecular formula is C11H11FN2. The number of aromatic nitrogens is 2. The van der Waals surface area contributed by atoms with Gasteiger partial charge in [-0.15, -0.1) is 0 Å². The van der Waals surface area contributed by atoms with Crippen molar-refractivity contribution in [2.45, 2.75) is 13.5 Å². The van der Waals surface area contributed by atoms with Crippen molar-refractivity contribution < 1.29 is 4.39 Å². The van der Waals surface area contributed by atoms with Crippen LogP contribution in [-0.2, 0) is 6.54 Å². The van der Waals surface area contributed by atoms with E-state index >= 15 is 0 Å². The van der Waals surface area contributed by atoms with E-state index in [4.69, 9.17) is 0 Å². The van der Waals surface area contributed by atoms with Crippen LogP contribution in [0.15, 0.2) is 36.8 Å². The summed E-state index contributed by atoms with van der Waals surface area (Å²) in [6.45, 7) is 2.45. The lowest BCUT2D eigenvalue weighted by Gasteiger charge is -2.02. The van der Waals surface area contributed by atoms with Crippen LogP contribution in [0.4, 0.5) is 4.39 Å². The molecule has 0 saturated carbocycles. The highest BCUT2D eigenvalue weighted by atomic mass is 19.1. The molecule has 2 aromatic rings. The molecule has 0 aliphatic carbocycles. The zero-order valence-corrected chi connectivity index (χ0v) is 7.94. The fourth-order valence-corrected chi connectivity index (χ4v) is 1.38. The van der Waals surface area contributed by atoms with Crippen LogP contribution in [0.2, 0.25) is 0 Å². The summed E-state index contributed by atoms with van der Waals surface area (Å²) in [6.07, 6.45) is 3.61. The quantitative estimate of drug-likeness (QED) is 0.711. The summed E-state index contributed by atoms with van der Waals surface area (Å²) < 4.78 is 15.1. The topological polar surface area (TPSA) is 17.8 Å². The fraction of sp³-hybridized carbons (Fsp3) is 0.182. The summed E-state index contributed by atoms with van der Waals surface area (Å²) in [6, 6.07) is 6.78. The van der Waals surface area contributed by atoms with Crippen LogP contribution in [0.25, 0.3) is 0 Å². The van der Waals surface area contributed by atoms with E-state index in [1.807, 2.05) is 23.8 Å². The van der Waals surface area contributed by atoms with Crippen LogP contribution in [0.3, 0.4) is 0 Å². The number of benzene rings is 1. The van der Waals surface area contributed by atoms with Gasteiger partial charge in [-0.05, 0) is 13.0 Å². The average Bonchev–Trinajstić information content (AvgIpc) is 2.56. The van der Waals surface area contributed by atoms with Crippen LogP contribution in [0.1, 0.15) is 11.3 Å². The summed E-state index contributed by atoms with van der Waals surface area (Å²) in [5, 5.41) is 0. The number of nitrogens with zero attached hydrogens (tertiary/aromatic N) is 2. The Bertz CT molecular complexity index is 434. The predicted octanol–water partition coefficient (Wildman–Crippen LogP) is 2.38. The van der Waals surface area contributed by atoms with E-state index in [2.05, 4.69) is 4.98 Å². The Balaban J connectivity index is 2.23. The first-order valence-corrected chi connectivity index (χ1v) is 4.47. The number of hydrogen-bond donors (Lipinski definition) is 0. The van der Waals surface area contributed by atoms with Crippen LogP contribution < -0.4 is 0 Å². The van der Waals surface area contributed by atoms with Gasteiger partial charge in [0.25, 0.3) is 0 Å². The van der Waals surface area contributed by atoms with Crippen molar-refractivity contribution in [3.63, 3.8) is 0 Å². The van der Waals surface area contributed by atoms with Crippen molar-refractivity contribution in [2.24, 2.45) is 0 Å². The number of rotatable bonds is 2. The molecule has 0 radical (unpaired) electrons. The minimum Gasteiger partial charge on any atom is -0.333 e. The molecule has 0 N–H and O–H groups in total. The van der Waals surface area contributed by atoms with Gasteiger partial charge >= 0.3 is 0 Å². The van der Waals surface area contributed by atoms with Gasteiger partial charge in [0.15, 0.2) is 0 Å². The molecule has 0 saturated heterocycles. The second-order valence-corrected chi connectivity index (χ2v) is 3.28. The first-order chi connectivity index (χ1) is 6.75. The third-order valence-electron chi connectivity index (χ3n) is 2.07. The van der Waals surface area contributed by atoms with Crippen LogP contribution in [0, 0.1) is 12.7 Å². The Morgan fingerprint density at radius 2 is 2.14 bits per heavy atom. The molecule has 3 heteroatoms. The molecule has 2 nitrogen and oxygen atoms in total. The molecule has 0 aliphatic rings. The lowest BCUT2D eigenvalue weighted by atomic mass is 10.2. The second kappa shape index (κ2) is 3.62. The second-order valence-electron chi connectivity index (χ2n) is 3.28. The highest BCUT2D eigenvalue weighted by molar-refractivity contribution is 5.17. The standard InChI is InChI=1S/C11H11FN2/c1-9-6-14(8-13-9)7-10-4-2-3-5-11(10)12/h2-6,8H,7H2,1H3. The van der Waals surface area contributed by atoms with Crippen molar-refractivity contribution in [2.75, 3.05) is 0 Å². The van der Waals surface area contributed by atoms with E-state index in [9.17, 15) is 4.39 Å². The summed E-state index contributed by atoms with van der Waals surface area (Å²) in [4.78, 5) is 4.08. The van der Waals surface area contributed by atoms with Gasteiger partial charge in [0.1, 0.15) is 5.82 Å². The number of imidazole rings is 1. The Labute approximate surface area is 82.0 Å². The van der Waals surface area contributed by atoms with Crippen molar-refractivity contribution in [3.8, 4) is 0 Å². The zero-order valence-electron chi connectivity index (χ0n) is 7.94. The highest BCUT2D eigenvalue weighted by Crippen LogP contribution is 2.08. The number of hydrogen-bond acceptors (Lipinski definition) is 1. The minimum absolute atomic E-state index is 0.168. The third kappa shape index (κ3) is 1.82. The van der Waals surface area contributed by atoms with Crippen LogP contribution in [0.5, 0.6) is 0 Å². The van der Waals surface area contributed by atoms with E-state index in [1.54, 1.807) is 18.5 Å². The lowest BCUT2D eigenvalue weighted by Crippen LogP contribution is -1.98. The Morgan fingerprint density at radius 3 is 2.79 bits per heavy atom. The summed E-state index contributed by atoms with van der Waals surface area (Å²) in [7, 11) is 0. The summed E-state index contributed by atoms with van der Waals surface area (Å²) in [5.74, 6) is -0.168. The Kier molecular flexibility index (Phi) is 2.31. The van der Waals surface area contributed by atoms with E-state index in [1.165, 1.54) is 6.07 Å². The third-order valence-corrected chi connectivity index (χ3v) is 2.07. The average molecular weight is 190 g/mol. The van der Waals surface area contributed by atoms with Crippen LogP contribution >= 0.6 is 0 Å². The molecule has 1 aromatic heterocycles.